The van der Waals surface area contributed by atoms with Crippen LogP contribution in [0.2, 0.25) is 0 Å². The van der Waals surface area contributed by atoms with Crippen LogP contribution in [0.1, 0.15) is 27.7 Å². The normalized spacial score (nSPS) is 20.5. The van der Waals surface area contributed by atoms with Crippen LogP contribution in [0.3, 0.4) is 0 Å². The molecule has 0 bridgehead atoms. The highest BCUT2D eigenvalue weighted by molar-refractivity contribution is 6.62. The molecule has 104 valence electrons. The van der Waals surface area contributed by atoms with E-state index in [2.05, 4.69) is 9.97 Å². The molecule has 2 N–H and O–H groups in total. The van der Waals surface area contributed by atoms with Gasteiger partial charge in [-0.1, -0.05) is 12.1 Å². The van der Waals surface area contributed by atoms with Crippen molar-refractivity contribution >= 4 is 29.4 Å². The SMILES string of the molecule is CC1(C)OB(c2ccc3cnc(N)nc3c2)OC1(C)C. The smallest absolute Gasteiger partial charge is 0.399 e. The first-order chi connectivity index (χ1) is 9.28. The molecule has 1 aromatic heterocycles. The minimum atomic E-state index is -0.388. The van der Waals surface area contributed by atoms with Crippen molar-refractivity contribution in [3.63, 3.8) is 0 Å². The fraction of sp³-hybridized carbons (Fsp3) is 0.429. The molecule has 0 atom stereocenters. The lowest BCUT2D eigenvalue weighted by atomic mass is 9.79. The summed E-state index contributed by atoms with van der Waals surface area (Å²) in [6.45, 7) is 8.14. The van der Waals surface area contributed by atoms with Gasteiger partial charge in [0, 0.05) is 11.6 Å². The van der Waals surface area contributed by atoms with E-state index in [1.807, 2.05) is 45.9 Å². The number of hydrogen-bond acceptors (Lipinski definition) is 5. The molecule has 5 nitrogen and oxygen atoms in total. The van der Waals surface area contributed by atoms with Crippen LogP contribution in [-0.4, -0.2) is 28.3 Å². The Bertz CT molecular complexity index is 657. The molecule has 2 heterocycles. The van der Waals surface area contributed by atoms with Gasteiger partial charge in [-0.3, -0.25) is 0 Å². The summed E-state index contributed by atoms with van der Waals surface area (Å²) in [5.41, 5.74) is 6.66. The first-order valence-corrected chi connectivity index (χ1v) is 6.66. The van der Waals surface area contributed by atoms with E-state index in [0.29, 0.717) is 0 Å². The van der Waals surface area contributed by atoms with Crippen molar-refractivity contribution < 1.29 is 9.31 Å². The van der Waals surface area contributed by atoms with Gasteiger partial charge in [-0.15, -0.1) is 0 Å². The third-order valence-corrected chi connectivity index (χ3v) is 4.15. The molecule has 6 heteroatoms. The van der Waals surface area contributed by atoms with Crippen molar-refractivity contribution in [2.45, 2.75) is 38.9 Å². The first-order valence-electron chi connectivity index (χ1n) is 6.66. The predicted molar refractivity (Wildman–Crippen MR) is 79.7 cm³/mol. The predicted octanol–water partition coefficient (Wildman–Crippen LogP) is 1.51. The van der Waals surface area contributed by atoms with E-state index in [0.717, 1.165) is 16.4 Å². The summed E-state index contributed by atoms with van der Waals surface area (Å²) in [5.74, 6) is 0.267. The van der Waals surface area contributed by atoms with Gasteiger partial charge < -0.3 is 15.0 Å². The van der Waals surface area contributed by atoms with Crippen LogP contribution in [0.4, 0.5) is 5.95 Å². The molecule has 0 spiro atoms. The van der Waals surface area contributed by atoms with E-state index < -0.39 is 0 Å². The second kappa shape index (κ2) is 4.17. The first kappa shape index (κ1) is 13.3. The molecule has 0 aliphatic carbocycles. The van der Waals surface area contributed by atoms with Gasteiger partial charge >= 0.3 is 7.12 Å². The van der Waals surface area contributed by atoms with Crippen LogP contribution in [0.5, 0.6) is 0 Å². The molecule has 1 aliphatic heterocycles. The maximum absolute atomic E-state index is 6.03. The second-order valence-corrected chi connectivity index (χ2v) is 6.13. The third kappa shape index (κ3) is 2.05. The zero-order valence-electron chi connectivity index (χ0n) is 12.2. The quantitative estimate of drug-likeness (QED) is 0.796. The topological polar surface area (TPSA) is 70.3 Å². The second-order valence-electron chi connectivity index (χ2n) is 6.13. The van der Waals surface area contributed by atoms with Crippen LogP contribution in [0.15, 0.2) is 24.4 Å². The molecule has 1 saturated heterocycles. The Labute approximate surface area is 118 Å². The fourth-order valence-electron chi connectivity index (χ4n) is 2.18. The van der Waals surface area contributed by atoms with Crippen LogP contribution < -0.4 is 11.2 Å². The summed E-state index contributed by atoms with van der Waals surface area (Å²) in [6, 6.07) is 5.87. The van der Waals surface area contributed by atoms with Crippen LogP contribution in [0, 0.1) is 0 Å². The summed E-state index contributed by atoms with van der Waals surface area (Å²) in [7, 11) is -0.388. The summed E-state index contributed by atoms with van der Waals surface area (Å²) >= 11 is 0. The molecule has 0 unspecified atom stereocenters. The Morgan fingerprint density at radius 2 is 1.75 bits per heavy atom. The number of fused-ring (bicyclic) bond motifs is 1. The van der Waals surface area contributed by atoms with E-state index in [1.165, 1.54) is 0 Å². The molecule has 0 saturated carbocycles. The molecular weight excluding hydrogens is 253 g/mol. The third-order valence-electron chi connectivity index (χ3n) is 4.15. The van der Waals surface area contributed by atoms with Crippen molar-refractivity contribution in [3.05, 3.63) is 24.4 Å². The molecule has 1 fully saturated rings. The van der Waals surface area contributed by atoms with Crippen LogP contribution in [-0.2, 0) is 9.31 Å². The highest BCUT2D eigenvalue weighted by Gasteiger charge is 2.51. The Kier molecular flexibility index (Phi) is 2.78. The average molecular weight is 271 g/mol. The Morgan fingerprint density at radius 1 is 1.10 bits per heavy atom. The van der Waals surface area contributed by atoms with Crippen molar-refractivity contribution in [1.82, 2.24) is 9.97 Å². The van der Waals surface area contributed by atoms with Crippen LogP contribution >= 0.6 is 0 Å². The number of benzene rings is 1. The lowest BCUT2D eigenvalue weighted by molar-refractivity contribution is 0.00578. The van der Waals surface area contributed by atoms with E-state index in [4.69, 9.17) is 15.0 Å². The minimum absolute atomic E-state index is 0.267. The Balaban J connectivity index is 2.00. The van der Waals surface area contributed by atoms with E-state index in [-0.39, 0.29) is 24.3 Å². The van der Waals surface area contributed by atoms with Gasteiger partial charge in [0.2, 0.25) is 5.95 Å². The van der Waals surface area contributed by atoms with Gasteiger partial charge in [-0.25, -0.2) is 9.97 Å². The Hall–Kier alpha value is -1.66. The zero-order chi connectivity index (χ0) is 14.5. The van der Waals surface area contributed by atoms with Crippen molar-refractivity contribution in [1.29, 1.82) is 0 Å². The number of aromatic nitrogens is 2. The number of nitrogens with two attached hydrogens (primary N) is 1. The largest absolute Gasteiger partial charge is 0.494 e. The molecule has 1 aliphatic rings. The molecule has 0 radical (unpaired) electrons. The lowest BCUT2D eigenvalue weighted by Gasteiger charge is -2.32. The van der Waals surface area contributed by atoms with Crippen LogP contribution in [0.25, 0.3) is 10.9 Å². The van der Waals surface area contributed by atoms with E-state index >= 15 is 0 Å². The van der Waals surface area contributed by atoms with Gasteiger partial charge in [-0.2, -0.15) is 0 Å². The zero-order valence-corrected chi connectivity index (χ0v) is 12.2. The molecule has 1 aromatic carbocycles. The number of nitrogen functional groups attached to an aromatic ring is 1. The summed E-state index contributed by atoms with van der Waals surface area (Å²) in [5, 5.41) is 0.944. The van der Waals surface area contributed by atoms with Crippen molar-refractivity contribution in [2.75, 3.05) is 5.73 Å². The number of rotatable bonds is 1. The molecule has 0 amide bonds. The van der Waals surface area contributed by atoms with Gasteiger partial charge in [0.25, 0.3) is 0 Å². The maximum atomic E-state index is 6.03. The summed E-state index contributed by atoms with van der Waals surface area (Å²) < 4.78 is 12.1. The Morgan fingerprint density at radius 3 is 2.40 bits per heavy atom. The summed E-state index contributed by atoms with van der Waals surface area (Å²) in [4.78, 5) is 8.22. The van der Waals surface area contributed by atoms with Gasteiger partial charge in [0.05, 0.1) is 16.7 Å². The van der Waals surface area contributed by atoms with Crippen molar-refractivity contribution in [3.8, 4) is 0 Å². The highest BCUT2D eigenvalue weighted by Crippen LogP contribution is 2.36. The van der Waals surface area contributed by atoms with Gasteiger partial charge in [-0.05, 0) is 39.2 Å². The number of hydrogen-bond donors (Lipinski definition) is 1. The fourth-order valence-corrected chi connectivity index (χ4v) is 2.18. The van der Waals surface area contributed by atoms with E-state index in [1.54, 1.807) is 6.20 Å². The van der Waals surface area contributed by atoms with Crippen molar-refractivity contribution in [2.24, 2.45) is 0 Å². The number of anilines is 1. The highest BCUT2D eigenvalue weighted by atomic mass is 16.7. The molecular formula is C14H18BN3O2. The van der Waals surface area contributed by atoms with E-state index in [9.17, 15) is 0 Å². The minimum Gasteiger partial charge on any atom is -0.399 e. The monoisotopic (exact) mass is 271 g/mol. The molecule has 3 rings (SSSR count). The summed E-state index contributed by atoms with van der Waals surface area (Å²) in [6.07, 6.45) is 1.71. The standard InChI is InChI=1S/C14H18BN3O2/c1-13(2)14(3,4)20-15(19-13)10-6-5-9-8-17-12(16)18-11(9)7-10/h5-8H,1-4H3,(H2,16,17,18). The lowest BCUT2D eigenvalue weighted by Crippen LogP contribution is -2.41. The maximum Gasteiger partial charge on any atom is 0.494 e. The number of nitrogens with zero attached hydrogens (tertiary/aromatic N) is 2. The molecule has 2 aromatic rings. The average Bonchev–Trinajstić information content (AvgIpc) is 2.57. The van der Waals surface area contributed by atoms with Gasteiger partial charge in [0.15, 0.2) is 0 Å². The molecule has 20 heavy (non-hydrogen) atoms. The van der Waals surface area contributed by atoms with Gasteiger partial charge in [0.1, 0.15) is 0 Å².